The van der Waals surface area contributed by atoms with Crippen LogP contribution < -0.4 is 31.3 Å². The number of alkyl carbamates (subject to hydrolysis) is 1. The Hall–Kier alpha value is -5.43. The van der Waals surface area contributed by atoms with Gasteiger partial charge in [0, 0.05) is 13.0 Å². The summed E-state index contributed by atoms with van der Waals surface area (Å²) in [5.41, 5.74) is 1.72. The van der Waals surface area contributed by atoms with Gasteiger partial charge in [-0.15, -0.1) is 0 Å². The molecule has 13 heteroatoms. The van der Waals surface area contributed by atoms with Crippen molar-refractivity contribution >= 4 is 29.7 Å². The van der Waals surface area contributed by atoms with E-state index in [0.29, 0.717) is 30.9 Å². The van der Waals surface area contributed by atoms with E-state index in [1.807, 2.05) is 74.5 Å². The van der Waals surface area contributed by atoms with Crippen LogP contribution in [0.4, 0.5) is 4.79 Å². The van der Waals surface area contributed by atoms with Crippen molar-refractivity contribution in [2.45, 2.75) is 104 Å². The summed E-state index contributed by atoms with van der Waals surface area (Å²) in [7, 11) is 0. The van der Waals surface area contributed by atoms with Crippen LogP contribution in [0.15, 0.2) is 84.9 Å². The minimum atomic E-state index is -1.24. The second kappa shape index (κ2) is 22.1. The molecule has 0 aliphatic heterocycles. The van der Waals surface area contributed by atoms with E-state index in [9.17, 15) is 24.0 Å². The van der Waals surface area contributed by atoms with Crippen molar-refractivity contribution in [2.75, 3.05) is 13.2 Å². The maximum atomic E-state index is 13.9. The predicted octanol–water partition coefficient (Wildman–Crippen LogP) is 4.57. The number of benzene rings is 3. The number of hydrogen-bond acceptors (Lipinski definition) is 8. The van der Waals surface area contributed by atoms with Gasteiger partial charge >= 0.3 is 6.09 Å². The van der Waals surface area contributed by atoms with Gasteiger partial charge in [-0.25, -0.2) is 4.79 Å². The lowest BCUT2D eigenvalue weighted by Gasteiger charge is -2.26. The third-order valence-corrected chi connectivity index (χ3v) is 8.09. The molecule has 4 atom stereocenters. The smallest absolute Gasteiger partial charge is 0.408 e. The lowest BCUT2D eigenvalue weighted by molar-refractivity contribution is -0.134. The summed E-state index contributed by atoms with van der Waals surface area (Å²) < 4.78 is 17.2. The normalized spacial score (nSPS) is 13.4. The third-order valence-electron chi connectivity index (χ3n) is 8.09. The number of nitrogens with one attached hydrogen (secondary N) is 5. The number of hydrogen-bond donors (Lipinski definition) is 5. The molecule has 5 N–H and O–H groups in total. The number of likely N-dealkylation sites (N-methyl/N-ethyl adjacent to an activating group) is 1. The monoisotopic (exact) mass is 759 g/mol. The van der Waals surface area contributed by atoms with Crippen molar-refractivity contribution in [3.8, 4) is 5.75 Å². The minimum Gasteiger partial charge on any atom is -0.489 e. The zero-order chi connectivity index (χ0) is 40.4. The van der Waals surface area contributed by atoms with E-state index in [4.69, 9.17) is 14.2 Å². The van der Waals surface area contributed by atoms with Gasteiger partial charge in [0.25, 0.3) is 0 Å². The molecule has 5 amide bonds. The van der Waals surface area contributed by atoms with Crippen LogP contribution >= 0.6 is 0 Å². The average molecular weight is 760 g/mol. The van der Waals surface area contributed by atoms with Crippen molar-refractivity contribution in [3.63, 3.8) is 0 Å². The Labute approximate surface area is 324 Å². The minimum absolute atomic E-state index is 0.0315. The highest BCUT2D eigenvalue weighted by atomic mass is 16.6. The van der Waals surface area contributed by atoms with Crippen molar-refractivity contribution in [1.29, 1.82) is 0 Å². The molecular formula is C42H57N5O8. The van der Waals surface area contributed by atoms with Gasteiger partial charge in [0.2, 0.25) is 23.6 Å². The Morgan fingerprint density at radius 1 is 0.618 bits per heavy atom. The van der Waals surface area contributed by atoms with Gasteiger partial charge in [-0.3, -0.25) is 19.2 Å². The molecule has 0 heterocycles. The Bertz CT molecular complexity index is 1660. The quantitative estimate of drug-likeness (QED) is 0.111. The van der Waals surface area contributed by atoms with E-state index >= 15 is 0 Å². The van der Waals surface area contributed by atoms with Crippen molar-refractivity contribution < 1.29 is 38.2 Å². The second-order valence-electron chi connectivity index (χ2n) is 14.7. The van der Waals surface area contributed by atoms with Gasteiger partial charge in [0.05, 0.1) is 13.2 Å². The topological polar surface area (TPSA) is 173 Å². The largest absolute Gasteiger partial charge is 0.489 e. The van der Waals surface area contributed by atoms with Gasteiger partial charge < -0.3 is 40.8 Å². The van der Waals surface area contributed by atoms with Crippen molar-refractivity contribution in [1.82, 2.24) is 26.6 Å². The first-order valence-corrected chi connectivity index (χ1v) is 18.7. The van der Waals surface area contributed by atoms with Crippen LogP contribution in [0, 0.1) is 5.92 Å². The lowest BCUT2D eigenvalue weighted by atomic mass is 10.0. The van der Waals surface area contributed by atoms with Crippen molar-refractivity contribution in [3.05, 3.63) is 102 Å². The van der Waals surface area contributed by atoms with E-state index in [0.717, 1.165) is 11.1 Å². The molecule has 298 valence electrons. The molecule has 3 rings (SSSR count). The predicted molar refractivity (Wildman–Crippen MR) is 210 cm³/mol. The third kappa shape index (κ3) is 16.6. The maximum Gasteiger partial charge on any atom is 0.408 e. The fourth-order valence-electron chi connectivity index (χ4n) is 5.36. The molecule has 0 radical (unpaired) electrons. The van der Waals surface area contributed by atoms with Gasteiger partial charge in [0.1, 0.15) is 42.1 Å². The van der Waals surface area contributed by atoms with Crippen LogP contribution in [0.5, 0.6) is 5.75 Å². The fourth-order valence-corrected chi connectivity index (χ4v) is 5.36. The van der Waals surface area contributed by atoms with Crippen LogP contribution in [0.2, 0.25) is 0 Å². The van der Waals surface area contributed by atoms with E-state index < -0.39 is 53.6 Å². The molecule has 0 spiro atoms. The molecule has 0 aromatic heterocycles. The molecular weight excluding hydrogens is 702 g/mol. The summed E-state index contributed by atoms with van der Waals surface area (Å²) >= 11 is 0. The summed E-state index contributed by atoms with van der Waals surface area (Å²) in [6.45, 7) is 13.0. The molecule has 0 saturated carbocycles. The van der Waals surface area contributed by atoms with E-state index in [1.165, 1.54) is 6.92 Å². The summed E-state index contributed by atoms with van der Waals surface area (Å²) in [5, 5.41) is 13.5. The van der Waals surface area contributed by atoms with Crippen LogP contribution in [0.1, 0.15) is 71.6 Å². The average Bonchev–Trinajstić information content (AvgIpc) is 3.13. The summed E-state index contributed by atoms with van der Waals surface area (Å²) in [5.74, 6) is -1.50. The Kier molecular flexibility index (Phi) is 17.6. The Balaban J connectivity index is 1.81. The molecule has 0 saturated heterocycles. The molecule has 55 heavy (non-hydrogen) atoms. The van der Waals surface area contributed by atoms with Gasteiger partial charge in [-0.05, 0) is 75.8 Å². The summed E-state index contributed by atoms with van der Waals surface area (Å²) in [6.07, 6.45) is -0.402. The first-order chi connectivity index (χ1) is 26.1. The van der Waals surface area contributed by atoms with Crippen molar-refractivity contribution in [2.24, 2.45) is 5.92 Å². The number of amides is 5. The first kappa shape index (κ1) is 44.0. The zero-order valence-corrected chi connectivity index (χ0v) is 33.0. The van der Waals surface area contributed by atoms with Gasteiger partial charge in [0.15, 0.2) is 0 Å². The van der Waals surface area contributed by atoms with Gasteiger partial charge in [-0.2, -0.15) is 0 Å². The fraction of sp³-hybridized carbons (Fsp3) is 0.452. The highest BCUT2D eigenvalue weighted by Crippen LogP contribution is 2.16. The standard InChI is InChI=1S/C42H57N5O8/c1-8-43-38(49)34(23-28(2)3)45-37(48)29(4)44-39(50)35(24-30-19-21-33(22-20-30)54-26-32-17-13-10-14-18-32)46-40(51)36(47-41(52)55-42(5,6)7)27-53-25-31-15-11-9-12-16-31/h9-22,28-29,34-36H,8,23-27H2,1-7H3,(H,43,49)(H,44,50)(H,45,48)(H,46,51)(H,47,52)/t29-,34-,35+,36+/m1/s1. The Morgan fingerprint density at radius 3 is 1.75 bits per heavy atom. The van der Waals surface area contributed by atoms with E-state index in [-0.39, 0.29) is 31.5 Å². The first-order valence-electron chi connectivity index (χ1n) is 18.7. The zero-order valence-electron chi connectivity index (χ0n) is 33.0. The SMILES string of the molecule is CCNC(=O)[C@@H](CC(C)C)NC(=O)[C@@H](C)NC(=O)[C@H](Cc1ccc(OCc2ccccc2)cc1)NC(=O)[C@H](COCc1ccccc1)NC(=O)OC(C)(C)C. The molecule has 0 unspecified atom stereocenters. The molecule has 0 bridgehead atoms. The number of ether oxygens (including phenoxy) is 3. The number of carbonyl (C=O) groups excluding carboxylic acids is 5. The van der Waals surface area contributed by atoms with Crippen LogP contribution in [0.25, 0.3) is 0 Å². The summed E-state index contributed by atoms with van der Waals surface area (Å²) in [4.78, 5) is 66.6. The van der Waals surface area contributed by atoms with E-state index in [1.54, 1.807) is 52.0 Å². The van der Waals surface area contributed by atoms with Gasteiger partial charge in [-0.1, -0.05) is 86.6 Å². The molecule has 0 aliphatic carbocycles. The molecule has 13 nitrogen and oxygen atoms in total. The van der Waals surface area contributed by atoms with Crippen LogP contribution in [0.3, 0.4) is 0 Å². The Morgan fingerprint density at radius 2 is 1.18 bits per heavy atom. The number of carbonyl (C=O) groups is 5. The second-order valence-corrected chi connectivity index (χ2v) is 14.7. The van der Waals surface area contributed by atoms with E-state index in [2.05, 4.69) is 26.6 Å². The van der Waals surface area contributed by atoms with Crippen LogP contribution in [-0.2, 0) is 48.3 Å². The molecule has 3 aromatic carbocycles. The lowest BCUT2D eigenvalue weighted by Crippen LogP contribution is -2.59. The molecule has 3 aromatic rings. The summed E-state index contributed by atoms with van der Waals surface area (Å²) in [6, 6.07) is 21.9. The number of rotatable bonds is 20. The van der Waals surface area contributed by atoms with Crippen LogP contribution in [-0.4, -0.2) is 72.6 Å². The highest BCUT2D eigenvalue weighted by molar-refractivity contribution is 5.95. The highest BCUT2D eigenvalue weighted by Gasteiger charge is 2.31. The maximum absolute atomic E-state index is 13.9. The molecule has 0 fully saturated rings. The molecule has 0 aliphatic rings.